The maximum Gasteiger partial charge on any atom is 0.233 e. The molecule has 2 rings (SSSR count). The van der Waals surface area contributed by atoms with Crippen molar-refractivity contribution in [1.29, 1.82) is 0 Å². The molecule has 0 aromatic heterocycles. The second-order valence-electron chi connectivity index (χ2n) is 4.48. The third-order valence-electron chi connectivity index (χ3n) is 3.07. The van der Waals surface area contributed by atoms with Gasteiger partial charge in [-0.3, -0.25) is 9.69 Å². The summed E-state index contributed by atoms with van der Waals surface area (Å²) in [6.07, 6.45) is 1.01. The van der Waals surface area contributed by atoms with Gasteiger partial charge in [0.05, 0.1) is 6.54 Å². The number of carbonyl (C=O) groups is 1. The van der Waals surface area contributed by atoms with Gasteiger partial charge in [0.15, 0.2) is 0 Å². The SMILES string of the molecule is NCC(=O)N[C@H]1CCN(Cc2ccccc2)C1. The summed E-state index contributed by atoms with van der Waals surface area (Å²) in [6, 6.07) is 10.7. The van der Waals surface area contributed by atoms with Gasteiger partial charge >= 0.3 is 0 Å². The van der Waals surface area contributed by atoms with Crippen molar-refractivity contribution >= 4 is 5.91 Å². The number of likely N-dealkylation sites (tertiary alicyclic amines) is 1. The smallest absolute Gasteiger partial charge is 0.233 e. The summed E-state index contributed by atoms with van der Waals surface area (Å²) in [7, 11) is 0. The van der Waals surface area contributed by atoms with Crippen LogP contribution in [0, 0.1) is 0 Å². The normalized spacial score (nSPS) is 20.4. The quantitative estimate of drug-likeness (QED) is 0.788. The molecule has 1 aliphatic rings. The fourth-order valence-corrected chi connectivity index (χ4v) is 2.22. The number of hydrogen-bond acceptors (Lipinski definition) is 3. The number of benzene rings is 1. The zero-order valence-electron chi connectivity index (χ0n) is 9.93. The molecule has 4 nitrogen and oxygen atoms in total. The van der Waals surface area contributed by atoms with Crippen LogP contribution in [-0.4, -0.2) is 36.5 Å². The molecule has 1 aromatic rings. The lowest BCUT2D eigenvalue weighted by atomic mass is 10.2. The Balaban J connectivity index is 1.80. The van der Waals surface area contributed by atoms with Gasteiger partial charge in [0.1, 0.15) is 0 Å². The van der Waals surface area contributed by atoms with Crippen molar-refractivity contribution in [2.45, 2.75) is 19.0 Å². The largest absolute Gasteiger partial charge is 0.351 e. The Labute approximate surface area is 102 Å². The van der Waals surface area contributed by atoms with Crippen LogP contribution in [0.5, 0.6) is 0 Å². The van der Waals surface area contributed by atoms with Crippen molar-refractivity contribution in [2.75, 3.05) is 19.6 Å². The summed E-state index contributed by atoms with van der Waals surface area (Å²) in [5, 5.41) is 2.94. The van der Waals surface area contributed by atoms with Gasteiger partial charge in [0.2, 0.25) is 5.91 Å². The molecular formula is C13H19N3O. The average molecular weight is 233 g/mol. The van der Waals surface area contributed by atoms with Crippen LogP contribution in [0.2, 0.25) is 0 Å². The number of nitrogens with two attached hydrogens (primary N) is 1. The molecule has 1 aliphatic heterocycles. The van der Waals surface area contributed by atoms with Crippen molar-refractivity contribution < 1.29 is 4.79 Å². The minimum absolute atomic E-state index is 0.0587. The summed E-state index contributed by atoms with van der Waals surface area (Å²) in [6.45, 7) is 2.98. The van der Waals surface area contributed by atoms with E-state index < -0.39 is 0 Å². The highest BCUT2D eigenvalue weighted by Gasteiger charge is 2.23. The monoisotopic (exact) mass is 233 g/mol. The zero-order valence-corrected chi connectivity index (χ0v) is 9.93. The first-order chi connectivity index (χ1) is 8.28. The van der Waals surface area contributed by atoms with Gasteiger partial charge in [-0.05, 0) is 12.0 Å². The summed E-state index contributed by atoms with van der Waals surface area (Å²) < 4.78 is 0. The number of rotatable bonds is 4. The molecule has 1 atom stereocenters. The van der Waals surface area contributed by atoms with Gasteiger partial charge in [-0.2, -0.15) is 0 Å². The van der Waals surface area contributed by atoms with E-state index in [2.05, 4.69) is 34.5 Å². The number of nitrogens with one attached hydrogen (secondary N) is 1. The van der Waals surface area contributed by atoms with Gasteiger partial charge in [-0.25, -0.2) is 0 Å². The molecule has 0 saturated carbocycles. The van der Waals surface area contributed by atoms with Gasteiger partial charge < -0.3 is 11.1 Å². The first-order valence-corrected chi connectivity index (χ1v) is 6.03. The Morgan fingerprint density at radius 3 is 2.88 bits per heavy atom. The van der Waals surface area contributed by atoms with E-state index in [0.29, 0.717) is 0 Å². The second-order valence-corrected chi connectivity index (χ2v) is 4.48. The minimum atomic E-state index is -0.0587. The van der Waals surface area contributed by atoms with E-state index in [1.807, 2.05) is 6.07 Å². The highest BCUT2D eigenvalue weighted by Crippen LogP contribution is 2.13. The number of hydrogen-bond donors (Lipinski definition) is 2. The van der Waals surface area contributed by atoms with Gasteiger partial charge in [-0.1, -0.05) is 30.3 Å². The predicted octanol–water partition coefficient (Wildman–Crippen LogP) is 0.336. The van der Waals surface area contributed by atoms with E-state index in [0.717, 1.165) is 26.1 Å². The standard InChI is InChI=1S/C13H19N3O/c14-8-13(17)15-12-6-7-16(10-12)9-11-4-2-1-3-5-11/h1-5,12H,6-10,14H2,(H,15,17)/t12-/m0/s1. The third-order valence-corrected chi connectivity index (χ3v) is 3.07. The van der Waals surface area contributed by atoms with Gasteiger partial charge in [-0.15, -0.1) is 0 Å². The number of amides is 1. The first-order valence-electron chi connectivity index (χ1n) is 6.03. The molecule has 1 aromatic carbocycles. The minimum Gasteiger partial charge on any atom is -0.351 e. The van der Waals surface area contributed by atoms with Crippen LogP contribution in [0.25, 0.3) is 0 Å². The van der Waals surface area contributed by atoms with Crippen molar-refractivity contribution in [2.24, 2.45) is 5.73 Å². The molecular weight excluding hydrogens is 214 g/mol. The van der Waals surface area contributed by atoms with Crippen molar-refractivity contribution in [3.8, 4) is 0 Å². The van der Waals surface area contributed by atoms with Gasteiger partial charge in [0, 0.05) is 25.7 Å². The van der Waals surface area contributed by atoms with E-state index in [1.54, 1.807) is 0 Å². The molecule has 0 spiro atoms. The van der Waals surface area contributed by atoms with Crippen LogP contribution in [0.4, 0.5) is 0 Å². The molecule has 1 heterocycles. The highest BCUT2D eigenvalue weighted by molar-refractivity contribution is 5.78. The Bertz CT molecular complexity index is 366. The van der Waals surface area contributed by atoms with Crippen LogP contribution in [0.1, 0.15) is 12.0 Å². The molecule has 4 heteroatoms. The molecule has 0 bridgehead atoms. The molecule has 17 heavy (non-hydrogen) atoms. The zero-order chi connectivity index (χ0) is 12.1. The summed E-state index contributed by atoms with van der Waals surface area (Å²) in [5.74, 6) is -0.0587. The molecule has 1 fully saturated rings. The Morgan fingerprint density at radius 2 is 2.18 bits per heavy atom. The van der Waals surface area contributed by atoms with E-state index in [4.69, 9.17) is 5.73 Å². The second kappa shape index (κ2) is 5.80. The van der Waals surface area contributed by atoms with Crippen molar-refractivity contribution in [3.63, 3.8) is 0 Å². The first kappa shape index (κ1) is 12.1. The molecule has 1 saturated heterocycles. The van der Waals surface area contributed by atoms with Crippen LogP contribution < -0.4 is 11.1 Å². The lowest BCUT2D eigenvalue weighted by molar-refractivity contribution is -0.120. The Kier molecular flexibility index (Phi) is 4.12. The molecule has 3 N–H and O–H groups in total. The molecule has 1 amide bonds. The summed E-state index contributed by atoms with van der Waals surface area (Å²) in [4.78, 5) is 13.5. The average Bonchev–Trinajstić information content (AvgIpc) is 2.77. The summed E-state index contributed by atoms with van der Waals surface area (Å²) in [5.41, 5.74) is 6.60. The van der Waals surface area contributed by atoms with Crippen LogP contribution in [-0.2, 0) is 11.3 Å². The van der Waals surface area contributed by atoms with Crippen molar-refractivity contribution in [3.05, 3.63) is 35.9 Å². The maximum absolute atomic E-state index is 11.2. The van der Waals surface area contributed by atoms with E-state index >= 15 is 0 Å². The lowest BCUT2D eigenvalue weighted by Gasteiger charge is -2.16. The summed E-state index contributed by atoms with van der Waals surface area (Å²) >= 11 is 0. The molecule has 0 aliphatic carbocycles. The fourth-order valence-electron chi connectivity index (χ4n) is 2.22. The van der Waals surface area contributed by atoms with E-state index in [-0.39, 0.29) is 18.5 Å². The predicted molar refractivity (Wildman–Crippen MR) is 67.3 cm³/mol. The van der Waals surface area contributed by atoms with Gasteiger partial charge in [0.25, 0.3) is 0 Å². The number of carbonyl (C=O) groups excluding carboxylic acids is 1. The fraction of sp³-hybridized carbons (Fsp3) is 0.462. The van der Waals surface area contributed by atoms with Crippen molar-refractivity contribution in [1.82, 2.24) is 10.2 Å². The molecule has 92 valence electrons. The van der Waals surface area contributed by atoms with Crippen LogP contribution in [0.3, 0.4) is 0 Å². The van der Waals surface area contributed by atoms with Crippen LogP contribution >= 0.6 is 0 Å². The Morgan fingerprint density at radius 1 is 1.41 bits per heavy atom. The molecule has 0 radical (unpaired) electrons. The number of nitrogens with zero attached hydrogens (tertiary/aromatic N) is 1. The van der Waals surface area contributed by atoms with Crippen LogP contribution in [0.15, 0.2) is 30.3 Å². The highest BCUT2D eigenvalue weighted by atomic mass is 16.1. The maximum atomic E-state index is 11.2. The Hall–Kier alpha value is -1.39. The molecule has 0 unspecified atom stereocenters. The topological polar surface area (TPSA) is 58.4 Å². The van der Waals surface area contributed by atoms with E-state index in [9.17, 15) is 4.79 Å². The third kappa shape index (κ3) is 3.54. The lowest BCUT2D eigenvalue weighted by Crippen LogP contribution is -2.40. The van der Waals surface area contributed by atoms with E-state index in [1.165, 1.54) is 5.56 Å².